The first-order valence-electron chi connectivity index (χ1n) is 9.32. The highest BCUT2D eigenvalue weighted by Gasteiger charge is 2.30. The van der Waals surface area contributed by atoms with Crippen molar-refractivity contribution in [2.75, 3.05) is 25.0 Å². The predicted octanol–water partition coefficient (Wildman–Crippen LogP) is 4.52. The number of hydrogen-bond donors (Lipinski definition) is 2. The largest absolute Gasteiger partial charge is 0.338 e. The molecule has 0 bridgehead atoms. The number of nitrogens with zero attached hydrogens (tertiary/aromatic N) is 1. The van der Waals surface area contributed by atoms with Crippen LogP contribution < -0.4 is 10.6 Å². The molecule has 156 valence electrons. The third-order valence-electron chi connectivity index (χ3n) is 4.82. The number of halogens is 2. The molecule has 6 nitrogen and oxygen atoms in total. The summed E-state index contributed by atoms with van der Waals surface area (Å²) >= 11 is 11.9. The van der Waals surface area contributed by atoms with Gasteiger partial charge in [0, 0.05) is 35.4 Å². The summed E-state index contributed by atoms with van der Waals surface area (Å²) in [7, 11) is -3.70. The van der Waals surface area contributed by atoms with Crippen molar-refractivity contribution < 1.29 is 13.2 Å². The lowest BCUT2D eigenvalue weighted by Gasteiger charge is -2.32. The lowest BCUT2D eigenvalue weighted by molar-refractivity contribution is 0.238. The highest BCUT2D eigenvalue weighted by atomic mass is 35.5. The molecule has 0 aliphatic carbocycles. The number of amides is 2. The molecule has 9 heteroatoms. The van der Waals surface area contributed by atoms with Crippen molar-refractivity contribution in [1.82, 2.24) is 9.62 Å². The van der Waals surface area contributed by atoms with Crippen molar-refractivity contribution in [1.29, 1.82) is 0 Å². The lowest BCUT2D eigenvalue weighted by atomic mass is 10.00. The maximum atomic E-state index is 13.0. The number of aryl methyl sites for hydroxylation is 1. The molecule has 2 N–H and O–H groups in total. The molecule has 2 aromatic rings. The summed E-state index contributed by atoms with van der Waals surface area (Å²) in [4.78, 5) is 12.2. The zero-order chi connectivity index (χ0) is 21.0. The standard InChI is InChI=1S/C20H23Cl2N3O3S/c1-14-4-6-18(7-5-14)24-20(26)23-12-15-3-2-8-25(13-15)29(27,28)19-10-16(21)9-17(22)11-19/h4-7,9-11,15H,2-3,8,12-13H2,1H3,(H2,23,24,26). The normalized spacial score (nSPS) is 17.7. The van der Waals surface area contributed by atoms with Crippen LogP contribution in [0.2, 0.25) is 10.0 Å². The van der Waals surface area contributed by atoms with Crippen molar-refractivity contribution in [3.05, 3.63) is 58.1 Å². The average Bonchev–Trinajstić information content (AvgIpc) is 2.68. The Morgan fingerprint density at radius 1 is 1.14 bits per heavy atom. The summed E-state index contributed by atoms with van der Waals surface area (Å²) in [6.45, 7) is 3.12. The lowest BCUT2D eigenvalue weighted by Crippen LogP contribution is -2.44. The molecule has 2 amide bonds. The van der Waals surface area contributed by atoms with E-state index >= 15 is 0 Å². The second-order valence-corrected chi connectivity index (χ2v) is 9.99. The Morgan fingerprint density at radius 2 is 1.79 bits per heavy atom. The highest BCUT2D eigenvalue weighted by Crippen LogP contribution is 2.27. The van der Waals surface area contributed by atoms with Crippen molar-refractivity contribution in [2.45, 2.75) is 24.7 Å². The van der Waals surface area contributed by atoms with Gasteiger partial charge in [-0.3, -0.25) is 0 Å². The second-order valence-electron chi connectivity index (χ2n) is 7.18. The van der Waals surface area contributed by atoms with Crippen LogP contribution in [0.15, 0.2) is 47.4 Å². The summed E-state index contributed by atoms with van der Waals surface area (Å²) in [6.07, 6.45) is 1.56. The first kappa shape index (κ1) is 21.9. The Kier molecular flexibility index (Phi) is 7.05. The monoisotopic (exact) mass is 455 g/mol. The van der Waals surface area contributed by atoms with E-state index in [1.165, 1.54) is 22.5 Å². The minimum atomic E-state index is -3.70. The van der Waals surface area contributed by atoms with Crippen LogP contribution in [0, 0.1) is 12.8 Å². The van der Waals surface area contributed by atoms with Crippen LogP contribution in [0.5, 0.6) is 0 Å². The van der Waals surface area contributed by atoms with Crippen LogP contribution in [-0.4, -0.2) is 38.4 Å². The molecular formula is C20H23Cl2N3O3S. The first-order chi connectivity index (χ1) is 13.7. The Bertz CT molecular complexity index is 961. The summed E-state index contributed by atoms with van der Waals surface area (Å²) in [6, 6.07) is 11.5. The van der Waals surface area contributed by atoms with Crippen molar-refractivity contribution in [3.63, 3.8) is 0 Å². The fourth-order valence-corrected chi connectivity index (χ4v) is 5.57. The van der Waals surface area contributed by atoms with Gasteiger partial charge < -0.3 is 10.6 Å². The minimum Gasteiger partial charge on any atom is -0.338 e. The smallest absolute Gasteiger partial charge is 0.319 e. The van der Waals surface area contributed by atoms with Gasteiger partial charge in [-0.05, 0) is 56.0 Å². The number of sulfonamides is 1. The van der Waals surface area contributed by atoms with E-state index in [0.717, 1.165) is 18.4 Å². The second kappa shape index (κ2) is 9.34. The zero-order valence-electron chi connectivity index (χ0n) is 16.0. The number of carbonyl (C=O) groups is 1. The number of hydrogen-bond acceptors (Lipinski definition) is 3. The number of piperidine rings is 1. The molecule has 1 fully saturated rings. The van der Waals surface area contributed by atoms with Crippen LogP contribution >= 0.6 is 23.2 Å². The van der Waals surface area contributed by atoms with E-state index in [4.69, 9.17) is 23.2 Å². The van der Waals surface area contributed by atoms with Gasteiger partial charge in [-0.15, -0.1) is 0 Å². The minimum absolute atomic E-state index is 0.0250. The number of anilines is 1. The van der Waals surface area contributed by atoms with E-state index in [1.54, 1.807) is 0 Å². The van der Waals surface area contributed by atoms with Gasteiger partial charge in [-0.1, -0.05) is 40.9 Å². The van der Waals surface area contributed by atoms with E-state index in [0.29, 0.717) is 25.3 Å². The summed E-state index contributed by atoms with van der Waals surface area (Å²) < 4.78 is 27.3. The molecule has 0 aromatic heterocycles. The van der Waals surface area contributed by atoms with Gasteiger partial charge in [0.1, 0.15) is 0 Å². The van der Waals surface area contributed by atoms with E-state index in [2.05, 4.69) is 10.6 Å². The molecule has 2 aromatic carbocycles. The summed E-state index contributed by atoms with van der Waals surface area (Å²) in [5, 5.41) is 6.16. The van der Waals surface area contributed by atoms with Crippen LogP contribution in [-0.2, 0) is 10.0 Å². The quantitative estimate of drug-likeness (QED) is 0.694. The fourth-order valence-electron chi connectivity index (χ4n) is 3.29. The van der Waals surface area contributed by atoms with Gasteiger partial charge in [-0.2, -0.15) is 4.31 Å². The summed E-state index contributed by atoms with van der Waals surface area (Å²) in [5.41, 5.74) is 1.82. The molecule has 0 spiro atoms. The van der Waals surface area contributed by atoms with Gasteiger partial charge in [0.05, 0.1) is 4.90 Å². The highest BCUT2D eigenvalue weighted by molar-refractivity contribution is 7.89. The molecule has 29 heavy (non-hydrogen) atoms. The molecule has 1 unspecified atom stereocenters. The van der Waals surface area contributed by atoms with E-state index in [1.807, 2.05) is 31.2 Å². The molecule has 1 saturated heterocycles. The molecule has 1 heterocycles. The van der Waals surface area contributed by atoms with Crippen molar-refractivity contribution in [3.8, 4) is 0 Å². The van der Waals surface area contributed by atoms with Gasteiger partial charge in [0.2, 0.25) is 10.0 Å². The third kappa shape index (κ3) is 5.85. The van der Waals surface area contributed by atoms with E-state index in [-0.39, 0.29) is 26.9 Å². The van der Waals surface area contributed by atoms with Crippen LogP contribution in [0.1, 0.15) is 18.4 Å². The van der Waals surface area contributed by atoms with Crippen LogP contribution in [0.4, 0.5) is 10.5 Å². The number of urea groups is 1. The maximum absolute atomic E-state index is 13.0. The van der Waals surface area contributed by atoms with Gasteiger partial charge in [0.25, 0.3) is 0 Å². The topological polar surface area (TPSA) is 78.5 Å². The Balaban J connectivity index is 1.58. The SMILES string of the molecule is Cc1ccc(NC(=O)NCC2CCCN(S(=O)(=O)c3cc(Cl)cc(Cl)c3)C2)cc1. The van der Waals surface area contributed by atoms with Crippen LogP contribution in [0.3, 0.4) is 0 Å². The number of rotatable bonds is 5. The van der Waals surface area contributed by atoms with Crippen LogP contribution in [0.25, 0.3) is 0 Å². The third-order valence-corrected chi connectivity index (χ3v) is 7.10. The van der Waals surface area contributed by atoms with Gasteiger partial charge >= 0.3 is 6.03 Å². The number of benzene rings is 2. The molecule has 1 atom stereocenters. The molecule has 0 saturated carbocycles. The first-order valence-corrected chi connectivity index (χ1v) is 11.5. The van der Waals surface area contributed by atoms with Crippen molar-refractivity contribution >= 4 is 44.9 Å². The fraction of sp³-hybridized carbons (Fsp3) is 0.350. The van der Waals surface area contributed by atoms with Gasteiger partial charge in [-0.25, -0.2) is 13.2 Å². The number of carbonyl (C=O) groups excluding carboxylic acids is 1. The average molecular weight is 456 g/mol. The number of nitrogens with one attached hydrogen (secondary N) is 2. The summed E-state index contributed by atoms with van der Waals surface area (Å²) in [5.74, 6) is 0.0250. The van der Waals surface area contributed by atoms with E-state index < -0.39 is 10.0 Å². The predicted molar refractivity (Wildman–Crippen MR) is 116 cm³/mol. The Hall–Kier alpha value is -1.80. The molecule has 3 rings (SSSR count). The molecule has 1 aliphatic heterocycles. The molecular weight excluding hydrogens is 433 g/mol. The zero-order valence-corrected chi connectivity index (χ0v) is 18.3. The maximum Gasteiger partial charge on any atom is 0.319 e. The molecule has 0 radical (unpaired) electrons. The Labute approximate surface area is 181 Å². The van der Waals surface area contributed by atoms with Crippen molar-refractivity contribution in [2.24, 2.45) is 5.92 Å². The Morgan fingerprint density at radius 3 is 2.45 bits per heavy atom. The van der Waals surface area contributed by atoms with Gasteiger partial charge in [0.15, 0.2) is 0 Å². The molecule has 1 aliphatic rings. The van der Waals surface area contributed by atoms with E-state index in [9.17, 15) is 13.2 Å².